The van der Waals surface area contributed by atoms with Crippen molar-refractivity contribution in [2.75, 3.05) is 19.7 Å². The first kappa shape index (κ1) is 22.1. The van der Waals surface area contributed by atoms with Gasteiger partial charge in [0.05, 0.1) is 5.92 Å². The summed E-state index contributed by atoms with van der Waals surface area (Å²) in [6, 6.07) is 19.6. The van der Waals surface area contributed by atoms with Crippen LogP contribution in [0.15, 0.2) is 79.1 Å². The van der Waals surface area contributed by atoms with Crippen LogP contribution in [0.25, 0.3) is 0 Å². The van der Waals surface area contributed by atoms with Gasteiger partial charge in [-0.3, -0.25) is 0 Å². The molecule has 2 atom stereocenters. The second kappa shape index (κ2) is 10.5. The number of ether oxygens (including phenoxy) is 1. The largest absolute Gasteiger partial charge is 0.462 e. The normalized spacial score (nSPS) is 17.5. The highest BCUT2D eigenvalue weighted by molar-refractivity contribution is 5.85. The highest BCUT2D eigenvalue weighted by atomic mass is 16.5. The van der Waals surface area contributed by atoms with Gasteiger partial charge in [-0.1, -0.05) is 60.7 Å². The molecule has 6 heteroatoms. The molecule has 0 spiro atoms. The zero-order valence-corrected chi connectivity index (χ0v) is 18.1. The Kier molecular flexibility index (Phi) is 7.24. The third-order valence-electron chi connectivity index (χ3n) is 6.06. The summed E-state index contributed by atoms with van der Waals surface area (Å²) in [6.45, 7) is 2.09. The van der Waals surface area contributed by atoms with E-state index in [1.165, 1.54) is 0 Å². The molecule has 1 aliphatic heterocycles. The van der Waals surface area contributed by atoms with Crippen molar-refractivity contribution in [2.45, 2.75) is 30.8 Å². The number of hydrogen-bond donors (Lipinski definition) is 2. The lowest BCUT2D eigenvalue weighted by Gasteiger charge is -2.29. The zero-order chi connectivity index (χ0) is 22.2. The molecular formula is C26H29N3O3. The van der Waals surface area contributed by atoms with Crippen molar-refractivity contribution >= 4 is 5.97 Å². The summed E-state index contributed by atoms with van der Waals surface area (Å²) in [5, 5.41) is 15.0. The lowest BCUT2D eigenvalue weighted by Crippen LogP contribution is -2.39. The van der Waals surface area contributed by atoms with Crippen LogP contribution in [0.4, 0.5) is 0 Å². The third kappa shape index (κ3) is 5.03. The molecule has 1 unspecified atom stereocenters. The SMILES string of the molecule is O=C(OCC(C[C@H]1CCCNC1)c1ncccn1)C(O)(c1ccccc1)c1ccccc1. The topological polar surface area (TPSA) is 84.3 Å². The van der Waals surface area contributed by atoms with Crippen molar-refractivity contribution in [2.24, 2.45) is 5.92 Å². The molecule has 166 valence electrons. The maximum atomic E-state index is 13.4. The van der Waals surface area contributed by atoms with Crippen LogP contribution in [0.3, 0.4) is 0 Å². The number of carbonyl (C=O) groups is 1. The third-order valence-corrected chi connectivity index (χ3v) is 6.06. The predicted octanol–water partition coefficient (Wildman–Crippen LogP) is 3.43. The molecule has 3 aromatic rings. The van der Waals surface area contributed by atoms with Crippen LogP contribution in [0.5, 0.6) is 0 Å². The zero-order valence-electron chi connectivity index (χ0n) is 18.1. The fourth-order valence-corrected chi connectivity index (χ4v) is 4.34. The molecule has 0 amide bonds. The Labute approximate surface area is 188 Å². The molecule has 0 saturated carbocycles. The van der Waals surface area contributed by atoms with Crippen LogP contribution in [-0.4, -0.2) is 40.7 Å². The first-order valence-electron chi connectivity index (χ1n) is 11.2. The number of aromatic nitrogens is 2. The van der Waals surface area contributed by atoms with E-state index in [2.05, 4.69) is 15.3 Å². The predicted molar refractivity (Wildman–Crippen MR) is 122 cm³/mol. The smallest absolute Gasteiger partial charge is 0.347 e. The van der Waals surface area contributed by atoms with E-state index in [4.69, 9.17) is 4.74 Å². The van der Waals surface area contributed by atoms with Crippen LogP contribution < -0.4 is 5.32 Å². The average molecular weight is 432 g/mol. The maximum Gasteiger partial charge on any atom is 0.347 e. The minimum Gasteiger partial charge on any atom is -0.462 e. The van der Waals surface area contributed by atoms with Gasteiger partial charge < -0.3 is 15.2 Å². The van der Waals surface area contributed by atoms with Gasteiger partial charge in [-0.05, 0) is 55.5 Å². The first-order valence-corrected chi connectivity index (χ1v) is 11.2. The quantitative estimate of drug-likeness (QED) is 0.532. The van der Waals surface area contributed by atoms with E-state index in [1.807, 2.05) is 12.1 Å². The Hall–Kier alpha value is -3.09. The minimum atomic E-state index is -1.89. The number of aliphatic hydroxyl groups is 1. The van der Waals surface area contributed by atoms with Gasteiger partial charge in [-0.15, -0.1) is 0 Å². The molecule has 1 aromatic heterocycles. The average Bonchev–Trinajstić information content (AvgIpc) is 2.88. The van der Waals surface area contributed by atoms with Gasteiger partial charge in [-0.2, -0.15) is 0 Å². The van der Waals surface area contributed by atoms with E-state index in [0.717, 1.165) is 32.4 Å². The molecule has 32 heavy (non-hydrogen) atoms. The van der Waals surface area contributed by atoms with Crippen molar-refractivity contribution in [3.63, 3.8) is 0 Å². The van der Waals surface area contributed by atoms with Crippen molar-refractivity contribution in [1.82, 2.24) is 15.3 Å². The molecule has 0 radical (unpaired) electrons. The number of hydrogen-bond acceptors (Lipinski definition) is 6. The fraction of sp³-hybridized carbons (Fsp3) is 0.346. The van der Waals surface area contributed by atoms with Crippen LogP contribution in [-0.2, 0) is 15.1 Å². The monoisotopic (exact) mass is 431 g/mol. The van der Waals surface area contributed by atoms with E-state index < -0.39 is 11.6 Å². The summed E-state index contributed by atoms with van der Waals surface area (Å²) in [6.07, 6.45) is 6.50. The van der Waals surface area contributed by atoms with E-state index in [-0.39, 0.29) is 12.5 Å². The highest BCUT2D eigenvalue weighted by Crippen LogP contribution is 2.32. The van der Waals surface area contributed by atoms with Crippen LogP contribution in [0, 0.1) is 5.92 Å². The van der Waals surface area contributed by atoms with E-state index in [9.17, 15) is 9.90 Å². The van der Waals surface area contributed by atoms with Gasteiger partial charge in [0.1, 0.15) is 12.4 Å². The van der Waals surface area contributed by atoms with E-state index in [0.29, 0.717) is 22.9 Å². The maximum absolute atomic E-state index is 13.4. The summed E-state index contributed by atoms with van der Waals surface area (Å²) in [4.78, 5) is 22.2. The van der Waals surface area contributed by atoms with Crippen molar-refractivity contribution in [1.29, 1.82) is 0 Å². The molecule has 6 nitrogen and oxygen atoms in total. The van der Waals surface area contributed by atoms with Gasteiger partial charge >= 0.3 is 5.97 Å². The summed E-state index contributed by atoms with van der Waals surface area (Å²) in [5.41, 5.74) is -0.947. The summed E-state index contributed by atoms with van der Waals surface area (Å²) < 4.78 is 5.78. The van der Waals surface area contributed by atoms with Gasteiger partial charge in [-0.25, -0.2) is 14.8 Å². The molecule has 2 aromatic carbocycles. The molecule has 2 N–H and O–H groups in total. The fourth-order valence-electron chi connectivity index (χ4n) is 4.34. The second-order valence-electron chi connectivity index (χ2n) is 8.29. The lowest BCUT2D eigenvalue weighted by atomic mass is 9.86. The van der Waals surface area contributed by atoms with Crippen LogP contribution >= 0.6 is 0 Å². The Bertz CT molecular complexity index is 937. The molecule has 1 aliphatic rings. The summed E-state index contributed by atoms with van der Waals surface area (Å²) in [5.74, 6) is 0.297. The van der Waals surface area contributed by atoms with Crippen LogP contribution in [0.2, 0.25) is 0 Å². The van der Waals surface area contributed by atoms with Gasteiger partial charge in [0.15, 0.2) is 0 Å². The number of rotatable bonds is 8. The first-order chi connectivity index (χ1) is 15.7. The number of piperidine rings is 1. The van der Waals surface area contributed by atoms with Crippen molar-refractivity contribution < 1.29 is 14.6 Å². The molecule has 2 heterocycles. The number of nitrogens with one attached hydrogen (secondary N) is 1. The highest BCUT2D eigenvalue weighted by Gasteiger charge is 2.42. The molecular weight excluding hydrogens is 402 g/mol. The van der Waals surface area contributed by atoms with Gasteiger partial charge in [0.2, 0.25) is 5.60 Å². The van der Waals surface area contributed by atoms with Crippen LogP contribution in [0.1, 0.15) is 42.1 Å². The van der Waals surface area contributed by atoms with E-state index in [1.54, 1.807) is 67.0 Å². The molecule has 4 rings (SSSR count). The summed E-state index contributed by atoms with van der Waals surface area (Å²) in [7, 11) is 0. The Morgan fingerprint density at radius 2 is 1.66 bits per heavy atom. The van der Waals surface area contributed by atoms with E-state index >= 15 is 0 Å². The number of esters is 1. The Balaban J connectivity index is 1.56. The lowest BCUT2D eigenvalue weighted by molar-refractivity contribution is -0.163. The van der Waals surface area contributed by atoms with Gasteiger partial charge in [0.25, 0.3) is 0 Å². The number of benzene rings is 2. The molecule has 1 fully saturated rings. The molecule has 1 saturated heterocycles. The molecule has 0 aliphatic carbocycles. The minimum absolute atomic E-state index is 0.112. The number of nitrogens with zero attached hydrogens (tertiary/aromatic N) is 2. The summed E-state index contributed by atoms with van der Waals surface area (Å²) >= 11 is 0. The standard InChI is InChI=1S/C26H29N3O3/c30-25(26(31,22-10-3-1-4-11-22)23-12-5-2-6-13-23)32-19-21(24-28-15-8-16-29-24)17-20-9-7-14-27-18-20/h1-6,8,10-13,15-16,20-21,27,31H,7,9,14,17-19H2/t20-,21?/m1/s1. The Morgan fingerprint density at radius 3 is 2.22 bits per heavy atom. The molecule has 0 bridgehead atoms. The van der Waals surface area contributed by atoms with Crippen molar-refractivity contribution in [3.8, 4) is 0 Å². The van der Waals surface area contributed by atoms with Gasteiger partial charge in [0, 0.05) is 12.4 Å². The number of carbonyl (C=O) groups excluding carboxylic acids is 1. The Morgan fingerprint density at radius 1 is 1.03 bits per heavy atom. The second-order valence-corrected chi connectivity index (χ2v) is 8.29. The van der Waals surface area contributed by atoms with Crippen molar-refractivity contribution in [3.05, 3.63) is 96.1 Å².